The zero-order valence-corrected chi connectivity index (χ0v) is 9.95. The largest absolute Gasteiger partial charge is 0.465 e. The normalized spacial score (nSPS) is 25.8. The Labute approximate surface area is 95.6 Å². The minimum atomic E-state index is -0.947. The Morgan fingerprint density at radius 2 is 2.57 bits per heavy atom. The van der Waals surface area contributed by atoms with Crippen molar-refractivity contribution in [3.05, 3.63) is 11.6 Å². The highest BCUT2D eigenvalue weighted by Gasteiger charge is 2.41. The minimum Gasteiger partial charge on any atom is -0.465 e. The predicted octanol–water partition coefficient (Wildman–Crippen LogP) is 1.70. The number of carbonyl (C=O) groups is 1. The monoisotopic (exact) mass is 311 g/mol. The van der Waals surface area contributed by atoms with Crippen molar-refractivity contribution in [3.8, 4) is 0 Å². The number of esters is 1. The molecule has 3 nitrogen and oxygen atoms in total. The fraction of sp³-hybridized carbons (Fsp3) is 0.556. The molecule has 0 saturated heterocycles. The predicted molar refractivity (Wildman–Crippen MR) is 60.8 cm³/mol. The number of aliphatic imine (C=N–C) groups is 1. The summed E-state index contributed by atoms with van der Waals surface area (Å²) in [6, 6.07) is 0. The molecule has 0 saturated carbocycles. The van der Waals surface area contributed by atoms with Crippen LogP contribution < -0.4 is 0 Å². The molecule has 1 heterocycles. The van der Waals surface area contributed by atoms with Crippen molar-refractivity contribution in [2.75, 3.05) is 19.8 Å². The Morgan fingerprint density at radius 3 is 3.14 bits per heavy atom. The molecule has 1 aliphatic rings. The van der Waals surface area contributed by atoms with Gasteiger partial charge in [-0.3, -0.25) is 9.79 Å². The first-order valence-electron chi connectivity index (χ1n) is 4.26. The number of nitrogens with zero attached hydrogens (tertiary/aromatic N) is 1. The Hall–Kier alpha value is -0.460. The highest BCUT2D eigenvalue weighted by atomic mass is 127. The number of hydrogen-bond acceptors (Lipinski definition) is 3. The Bertz CT molecular complexity index is 291. The van der Waals surface area contributed by atoms with Gasteiger partial charge in [0.1, 0.15) is 6.67 Å². The molecule has 0 N–H and O–H groups in total. The van der Waals surface area contributed by atoms with Gasteiger partial charge >= 0.3 is 5.97 Å². The lowest BCUT2D eigenvalue weighted by molar-refractivity contribution is -0.144. The Balaban J connectivity index is 2.87. The molecule has 1 rings (SSSR count). The molecule has 0 fully saturated rings. The first kappa shape index (κ1) is 11.6. The number of hydrogen-bond donors (Lipinski definition) is 0. The number of rotatable bonds is 3. The summed E-state index contributed by atoms with van der Waals surface area (Å²) < 4.78 is 16.6. The van der Waals surface area contributed by atoms with Crippen LogP contribution in [0, 0.1) is 0 Å². The molecule has 0 aromatic carbocycles. The van der Waals surface area contributed by atoms with Gasteiger partial charge < -0.3 is 4.74 Å². The molecule has 0 radical (unpaired) electrons. The summed E-state index contributed by atoms with van der Waals surface area (Å²) in [6.45, 7) is 1.63. The molecule has 0 aliphatic carbocycles. The number of halogens is 2. The lowest BCUT2D eigenvalue weighted by Crippen LogP contribution is -2.41. The topological polar surface area (TPSA) is 38.7 Å². The SMILES string of the molecule is CCOC(=O)C1(I)CN=CC=C1CF. The van der Waals surface area contributed by atoms with E-state index in [2.05, 4.69) is 4.99 Å². The fourth-order valence-corrected chi connectivity index (χ4v) is 1.82. The van der Waals surface area contributed by atoms with Gasteiger partial charge in [-0.1, -0.05) is 22.6 Å². The second kappa shape index (κ2) is 4.86. The van der Waals surface area contributed by atoms with Gasteiger partial charge in [0.25, 0.3) is 0 Å². The maximum atomic E-state index is 12.6. The standard InChI is InChI=1S/C9H11FINO2/c1-2-14-8(13)9(11)6-12-4-3-7(9)5-10/h3-4H,2,5-6H2,1H3. The van der Waals surface area contributed by atoms with E-state index >= 15 is 0 Å². The summed E-state index contributed by atoms with van der Waals surface area (Å²) in [4.78, 5) is 15.5. The van der Waals surface area contributed by atoms with E-state index in [9.17, 15) is 9.18 Å². The molecule has 78 valence electrons. The molecule has 14 heavy (non-hydrogen) atoms. The third-order valence-electron chi connectivity index (χ3n) is 1.94. The average Bonchev–Trinajstić information content (AvgIpc) is 2.19. The first-order valence-corrected chi connectivity index (χ1v) is 5.34. The van der Waals surface area contributed by atoms with Gasteiger partial charge in [0.15, 0.2) is 3.42 Å². The van der Waals surface area contributed by atoms with Crippen molar-refractivity contribution >= 4 is 34.8 Å². The summed E-state index contributed by atoms with van der Waals surface area (Å²) in [5.41, 5.74) is 0.423. The number of carbonyl (C=O) groups excluding carboxylic acids is 1. The molecular formula is C9H11FINO2. The number of allylic oxidation sites excluding steroid dienone is 1. The van der Waals surface area contributed by atoms with Gasteiger partial charge in [0, 0.05) is 6.21 Å². The summed E-state index contributed by atoms with van der Waals surface area (Å²) in [6.07, 6.45) is 3.05. The third-order valence-corrected chi connectivity index (χ3v) is 3.42. The maximum absolute atomic E-state index is 12.6. The molecule has 0 amide bonds. The summed E-state index contributed by atoms with van der Waals surface area (Å²) in [7, 11) is 0. The molecule has 0 bridgehead atoms. The van der Waals surface area contributed by atoms with Gasteiger partial charge in [-0.2, -0.15) is 0 Å². The minimum absolute atomic E-state index is 0.252. The van der Waals surface area contributed by atoms with Crippen LogP contribution in [-0.4, -0.2) is 35.4 Å². The zero-order chi connectivity index (χ0) is 10.6. The summed E-state index contributed by atoms with van der Waals surface area (Å²) in [5, 5.41) is 0. The van der Waals surface area contributed by atoms with Gasteiger partial charge in [-0.05, 0) is 18.6 Å². The van der Waals surface area contributed by atoms with Gasteiger partial charge in [0.2, 0.25) is 0 Å². The van der Waals surface area contributed by atoms with Gasteiger partial charge in [-0.15, -0.1) is 0 Å². The van der Waals surface area contributed by atoms with E-state index in [0.29, 0.717) is 12.2 Å². The Kier molecular flexibility index (Phi) is 4.03. The first-order chi connectivity index (χ1) is 6.65. The smallest absolute Gasteiger partial charge is 0.328 e. The van der Waals surface area contributed by atoms with Crippen molar-refractivity contribution in [1.82, 2.24) is 0 Å². The molecule has 0 aromatic heterocycles. The van der Waals surface area contributed by atoms with Crippen LogP contribution in [0.25, 0.3) is 0 Å². The molecule has 5 heteroatoms. The summed E-state index contributed by atoms with van der Waals surface area (Å²) in [5.74, 6) is -0.415. The lowest BCUT2D eigenvalue weighted by atomic mass is 9.98. The van der Waals surface area contributed by atoms with Crippen molar-refractivity contribution in [3.63, 3.8) is 0 Å². The molecule has 1 atom stereocenters. The number of dihydropyridines is 1. The quantitative estimate of drug-likeness (QED) is 0.452. The molecule has 0 spiro atoms. The molecule has 0 aromatic rings. The highest BCUT2D eigenvalue weighted by Crippen LogP contribution is 2.32. The van der Waals surface area contributed by atoms with E-state index in [1.165, 1.54) is 12.3 Å². The third kappa shape index (κ3) is 2.13. The molecular weight excluding hydrogens is 300 g/mol. The number of alkyl halides is 2. The van der Waals surface area contributed by atoms with Crippen LogP contribution >= 0.6 is 22.6 Å². The summed E-state index contributed by atoms with van der Waals surface area (Å²) >= 11 is 1.90. The number of ether oxygens (including phenoxy) is 1. The van der Waals surface area contributed by atoms with Crippen molar-refractivity contribution < 1.29 is 13.9 Å². The molecule has 1 unspecified atom stereocenters. The van der Waals surface area contributed by atoms with Crippen molar-refractivity contribution in [2.24, 2.45) is 4.99 Å². The van der Waals surface area contributed by atoms with E-state index in [4.69, 9.17) is 4.74 Å². The van der Waals surface area contributed by atoms with Gasteiger partial charge in [-0.25, -0.2) is 4.39 Å². The van der Waals surface area contributed by atoms with E-state index in [0.717, 1.165) is 0 Å². The van der Waals surface area contributed by atoms with Crippen LogP contribution in [-0.2, 0) is 9.53 Å². The zero-order valence-electron chi connectivity index (χ0n) is 7.80. The van der Waals surface area contributed by atoms with Gasteiger partial charge in [0.05, 0.1) is 13.2 Å². The van der Waals surface area contributed by atoms with Crippen molar-refractivity contribution in [1.29, 1.82) is 0 Å². The maximum Gasteiger partial charge on any atom is 0.328 e. The highest BCUT2D eigenvalue weighted by molar-refractivity contribution is 14.1. The second-order valence-corrected chi connectivity index (χ2v) is 4.68. The van der Waals surface area contributed by atoms with Crippen LogP contribution in [0.2, 0.25) is 0 Å². The fourth-order valence-electron chi connectivity index (χ4n) is 1.15. The van der Waals surface area contributed by atoms with E-state index in [1.54, 1.807) is 6.92 Å². The average molecular weight is 311 g/mol. The van der Waals surface area contributed by atoms with Crippen molar-refractivity contribution in [2.45, 2.75) is 10.3 Å². The molecule has 1 aliphatic heterocycles. The van der Waals surface area contributed by atoms with Crippen LogP contribution in [0.1, 0.15) is 6.92 Å². The lowest BCUT2D eigenvalue weighted by Gasteiger charge is -2.26. The van der Waals surface area contributed by atoms with Crippen LogP contribution in [0.4, 0.5) is 4.39 Å². The van der Waals surface area contributed by atoms with E-state index in [-0.39, 0.29) is 6.54 Å². The Morgan fingerprint density at radius 1 is 1.86 bits per heavy atom. The second-order valence-electron chi connectivity index (χ2n) is 2.84. The van der Waals surface area contributed by atoms with Crippen LogP contribution in [0.15, 0.2) is 16.6 Å². The van der Waals surface area contributed by atoms with E-state index in [1.807, 2.05) is 22.6 Å². The van der Waals surface area contributed by atoms with Crippen LogP contribution in [0.3, 0.4) is 0 Å². The van der Waals surface area contributed by atoms with Crippen LogP contribution in [0.5, 0.6) is 0 Å². The van der Waals surface area contributed by atoms with E-state index < -0.39 is 16.1 Å².